The Morgan fingerprint density at radius 3 is 2.55 bits per heavy atom. The lowest BCUT2D eigenvalue weighted by Crippen LogP contribution is -2.54. The van der Waals surface area contributed by atoms with Crippen molar-refractivity contribution in [3.63, 3.8) is 0 Å². The number of anilines is 1. The van der Waals surface area contributed by atoms with Crippen LogP contribution in [0.15, 0.2) is 54.6 Å². The number of rotatable bonds is 7. The van der Waals surface area contributed by atoms with Crippen LogP contribution in [0.4, 0.5) is 5.82 Å². The summed E-state index contributed by atoms with van der Waals surface area (Å²) in [6, 6.07) is 19.7. The van der Waals surface area contributed by atoms with Crippen LogP contribution < -0.4 is 9.64 Å². The Balaban J connectivity index is 1.31. The number of aromatic nitrogens is 2. The predicted molar refractivity (Wildman–Crippen MR) is 158 cm³/mol. The lowest BCUT2D eigenvalue weighted by atomic mass is 9.97. The molecule has 3 saturated heterocycles. The fraction of sp³-hybridized carbons (Fsp3) is 0.438. The summed E-state index contributed by atoms with van der Waals surface area (Å²) >= 11 is 0. The zero-order valence-corrected chi connectivity index (χ0v) is 23.0. The Kier molecular flexibility index (Phi) is 6.70. The molecule has 4 aromatic rings. The second-order valence-electron chi connectivity index (χ2n) is 11.6. The first kappa shape index (κ1) is 25.5. The Hall–Kier alpha value is -3.46. The molecule has 40 heavy (non-hydrogen) atoms. The standard InChI is InChI=1S/C32H37N5O3/c1-35-12-4-6-25(35)20-40-32-33-30-16-22(29-17-26(39)15-21-5-2-3-7-27(21)29)8-11-28(30)31(34-32)37-23-9-10-24(37)19-36(18-23)13-14-38/h2-3,5,7-8,11,15-17,23-25,38-39H,4,6,9-10,12-14,18-20H2,1H3/t23?,24?,25-/m0/s1. The first-order valence-corrected chi connectivity index (χ1v) is 14.6. The molecule has 3 fully saturated rings. The van der Waals surface area contributed by atoms with Gasteiger partial charge < -0.3 is 24.7 Å². The van der Waals surface area contributed by atoms with Crippen molar-refractivity contribution in [1.82, 2.24) is 19.8 Å². The van der Waals surface area contributed by atoms with Crippen LogP contribution in [0.5, 0.6) is 11.8 Å². The number of aromatic hydroxyl groups is 1. The van der Waals surface area contributed by atoms with Gasteiger partial charge in [0.25, 0.3) is 0 Å². The van der Waals surface area contributed by atoms with E-state index in [1.807, 2.05) is 24.3 Å². The van der Waals surface area contributed by atoms with Crippen molar-refractivity contribution < 1.29 is 14.9 Å². The number of benzene rings is 3. The molecule has 208 valence electrons. The first-order valence-electron chi connectivity index (χ1n) is 14.6. The number of ether oxygens (including phenoxy) is 1. The van der Waals surface area contributed by atoms with Gasteiger partial charge in [-0.2, -0.15) is 9.97 Å². The summed E-state index contributed by atoms with van der Waals surface area (Å²) in [6.07, 6.45) is 4.56. The van der Waals surface area contributed by atoms with Crippen LogP contribution in [0, 0.1) is 0 Å². The van der Waals surface area contributed by atoms with Crippen LogP contribution in [0.3, 0.4) is 0 Å². The fourth-order valence-corrected chi connectivity index (χ4v) is 7.08. The van der Waals surface area contributed by atoms with Gasteiger partial charge in [-0.3, -0.25) is 4.90 Å². The first-order chi connectivity index (χ1) is 19.6. The maximum absolute atomic E-state index is 10.5. The number of aliphatic hydroxyl groups excluding tert-OH is 1. The number of phenolic OH excluding ortho intramolecular Hbond substituents is 1. The van der Waals surface area contributed by atoms with Gasteiger partial charge in [0, 0.05) is 43.1 Å². The number of hydrogen-bond acceptors (Lipinski definition) is 8. The van der Waals surface area contributed by atoms with Gasteiger partial charge >= 0.3 is 6.01 Å². The van der Waals surface area contributed by atoms with Gasteiger partial charge in [0.2, 0.25) is 0 Å². The van der Waals surface area contributed by atoms with Gasteiger partial charge in [-0.25, -0.2) is 0 Å². The van der Waals surface area contributed by atoms with Gasteiger partial charge in [-0.15, -0.1) is 0 Å². The molecule has 0 aliphatic carbocycles. The van der Waals surface area contributed by atoms with E-state index >= 15 is 0 Å². The summed E-state index contributed by atoms with van der Waals surface area (Å²) in [5.74, 6) is 1.20. The van der Waals surface area contributed by atoms with Crippen LogP contribution in [0.2, 0.25) is 0 Å². The molecule has 0 radical (unpaired) electrons. The summed E-state index contributed by atoms with van der Waals surface area (Å²) in [4.78, 5) is 17.2. The fourth-order valence-electron chi connectivity index (χ4n) is 7.08. The monoisotopic (exact) mass is 539 g/mol. The normalized spacial score (nSPS) is 23.4. The number of nitrogens with zero attached hydrogens (tertiary/aromatic N) is 5. The van der Waals surface area contributed by atoms with Crippen molar-refractivity contribution in [3.05, 3.63) is 54.6 Å². The Morgan fingerprint density at radius 2 is 1.77 bits per heavy atom. The highest BCUT2D eigenvalue weighted by molar-refractivity contribution is 6.01. The SMILES string of the molecule is CN1CCC[C@H]1COc1nc(N2C3CCC2CN(CCO)C3)c2ccc(-c3cc(O)cc4ccccc34)cc2n1. The zero-order valence-electron chi connectivity index (χ0n) is 23.0. The van der Waals surface area contributed by atoms with E-state index in [0.29, 0.717) is 30.7 Å². The third kappa shape index (κ3) is 4.64. The molecular formula is C32H37N5O3. The number of likely N-dealkylation sites (N-methyl/N-ethyl adjacent to an activating group) is 1. The average molecular weight is 540 g/mol. The molecule has 8 nitrogen and oxygen atoms in total. The predicted octanol–water partition coefficient (Wildman–Crippen LogP) is 4.27. The number of aliphatic hydroxyl groups is 1. The molecule has 3 atom stereocenters. The van der Waals surface area contributed by atoms with Crippen molar-refractivity contribution >= 4 is 27.5 Å². The summed E-state index contributed by atoms with van der Waals surface area (Å²) in [7, 11) is 2.16. The highest BCUT2D eigenvalue weighted by atomic mass is 16.5. The molecule has 2 bridgehead atoms. The quantitative estimate of drug-likeness (QED) is 0.360. The molecular weight excluding hydrogens is 502 g/mol. The lowest BCUT2D eigenvalue weighted by Gasteiger charge is -2.42. The van der Waals surface area contributed by atoms with E-state index in [4.69, 9.17) is 14.7 Å². The van der Waals surface area contributed by atoms with Gasteiger partial charge in [-0.1, -0.05) is 30.3 Å². The average Bonchev–Trinajstić information content (AvgIpc) is 3.49. The van der Waals surface area contributed by atoms with E-state index in [1.54, 1.807) is 6.07 Å². The van der Waals surface area contributed by atoms with E-state index < -0.39 is 0 Å². The molecule has 0 amide bonds. The van der Waals surface area contributed by atoms with Crippen LogP contribution in [0.1, 0.15) is 25.7 Å². The topological polar surface area (TPSA) is 85.2 Å². The maximum atomic E-state index is 10.5. The minimum absolute atomic E-state index is 0.190. The number of phenols is 1. The van der Waals surface area contributed by atoms with Gasteiger partial charge in [0.15, 0.2) is 0 Å². The molecule has 0 saturated carbocycles. The molecule has 0 spiro atoms. The largest absolute Gasteiger partial charge is 0.508 e. The minimum Gasteiger partial charge on any atom is -0.508 e. The zero-order chi connectivity index (χ0) is 27.2. The van der Waals surface area contributed by atoms with Crippen LogP contribution >= 0.6 is 0 Å². The molecule has 7 rings (SSSR count). The minimum atomic E-state index is 0.190. The second kappa shape index (κ2) is 10.5. The summed E-state index contributed by atoms with van der Waals surface area (Å²) in [6.45, 7) is 4.44. The molecule has 2 unspecified atom stereocenters. The molecule has 8 heteroatoms. The Labute approximate surface area is 234 Å². The van der Waals surface area contributed by atoms with Crippen LogP contribution in [-0.4, -0.2) is 94.5 Å². The number of β-amino-alcohol motifs (C(OH)–C–C–N with tert-alkyl or cyclic N) is 1. The summed E-state index contributed by atoms with van der Waals surface area (Å²) in [5.41, 5.74) is 2.83. The highest BCUT2D eigenvalue weighted by Gasteiger charge is 2.41. The van der Waals surface area contributed by atoms with Crippen LogP contribution in [-0.2, 0) is 0 Å². The molecule has 1 aromatic heterocycles. The third-order valence-corrected chi connectivity index (χ3v) is 9.11. The number of fused-ring (bicyclic) bond motifs is 4. The molecule has 2 N–H and O–H groups in total. The van der Waals surface area contributed by atoms with Crippen molar-refractivity contribution in [2.24, 2.45) is 0 Å². The third-order valence-electron chi connectivity index (χ3n) is 9.11. The van der Waals surface area contributed by atoms with E-state index in [9.17, 15) is 10.2 Å². The smallest absolute Gasteiger partial charge is 0.319 e. The van der Waals surface area contributed by atoms with Gasteiger partial charge in [-0.05, 0) is 85.4 Å². The van der Waals surface area contributed by atoms with Crippen molar-refractivity contribution in [3.8, 4) is 22.9 Å². The Bertz CT molecular complexity index is 1530. The Morgan fingerprint density at radius 1 is 0.950 bits per heavy atom. The molecule has 3 aliphatic heterocycles. The maximum Gasteiger partial charge on any atom is 0.319 e. The summed E-state index contributed by atoms with van der Waals surface area (Å²) in [5, 5.41) is 23.1. The number of hydrogen-bond donors (Lipinski definition) is 2. The molecule has 3 aliphatic rings. The van der Waals surface area contributed by atoms with E-state index in [2.05, 4.69) is 46.0 Å². The van der Waals surface area contributed by atoms with E-state index in [1.165, 1.54) is 6.42 Å². The highest BCUT2D eigenvalue weighted by Crippen LogP contribution is 2.40. The molecule has 3 aromatic carbocycles. The molecule has 4 heterocycles. The number of likely N-dealkylation sites (tertiary alicyclic amines) is 2. The van der Waals surface area contributed by atoms with Crippen LogP contribution in [0.25, 0.3) is 32.8 Å². The van der Waals surface area contributed by atoms with Crippen molar-refractivity contribution in [2.45, 2.75) is 43.8 Å². The van der Waals surface area contributed by atoms with Crippen molar-refractivity contribution in [1.29, 1.82) is 0 Å². The lowest BCUT2D eigenvalue weighted by molar-refractivity contribution is 0.167. The number of piperazine rings is 1. The van der Waals surface area contributed by atoms with Gasteiger partial charge in [0.1, 0.15) is 18.2 Å². The second-order valence-corrected chi connectivity index (χ2v) is 11.6. The van der Waals surface area contributed by atoms with Crippen molar-refractivity contribution in [2.75, 3.05) is 51.3 Å². The summed E-state index contributed by atoms with van der Waals surface area (Å²) < 4.78 is 6.31. The van der Waals surface area contributed by atoms with Gasteiger partial charge in [0.05, 0.1) is 12.1 Å². The van der Waals surface area contributed by atoms with E-state index in [0.717, 1.165) is 84.1 Å². The van der Waals surface area contributed by atoms with E-state index in [-0.39, 0.29) is 12.4 Å².